The summed E-state index contributed by atoms with van der Waals surface area (Å²) >= 11 is 6.63. The van der Waals surface area contributed by atoms with Gasteiger partial charge in [0.2, 0.25) is 5.88 Å². The molecule has 0 unspecified atom stereocenters. The number of hydrogen-bond acceptors (Lipinski definition) is 4. The molecule has 6 heteroatoms. The van der Waals surface area contributed by atoms with Gasteiger partial charge in [-0.25, -0.2) is 4.99 Å². The minimum atomic E-state index is -0.348. The number of aryl methyl sites for hydroxylation is 1. The van der Waals surface area contributed by atoms with Crippen molar-refractivity contribution < 1.29 is 9.90 Å². The predicted molar refractivity (Wildman–Crippen MR) is 95.6 cm³/mol. The molecular formula is C18H12N2O2S2. The first-order valence-electron chi connectivity index (χ1n) is 7.31. The van der Waals surface area contributed by atoms with Crippen LogP contribution in [0.2, 0.25) is 0 Å². The Bertz CT molecular complexity index is 1150. The second kappa shape index (κ2) is 5.51. The summed E-state index contributed by atoms with van der Waals surface area (Å²) in [5.41, 5.74) is 2.29. The molecule has 2 heterocycles. The molecular weight excluding hydrogens is 340 g/mol. The lowest BCUT2D eigenvalue weighted by Gasteiger charge is -2.05. The van der Waals surface area contributed by atoms with Crippen molar-refractivity contribution in [3.05, 3.63) is 73.5 Å². The average Bonchev–Trinajstić information content (AvgIpc) is 3.04. The van der Waals surface area contributed by atoms with Crippen LogP contribution in [0, 0.1) is 10.9 Å². The summed E-state index contributed by atoms with van der Waals surface area (Å²) < 4.78 is 2.06. The maximum absolute atomic E-state index is 12.3. The summed E-state index contributed by atoms with van der Waals surface area (Å²) in [6.07, 6.45) is 0. The molecule has 0 aliphatic carbocycles. The molecule has 0 atom stereocenters. The number of benzene rings is 2. The van der Waals surface area contributed by atoms with E-state index in [-0.39, 0.29) is 11.8 Å². The van der Waals surface area contributed by atoms with Crippen molar-refractivity contribution in [1.29, 1.82) is 0 Å². The van der Waals surface area contributed by atoms with E-state index in [0.717, 1.165) is 16.5 Å². The van der Waals surface area contributed by atoms with E-state index in [0.29, 0.717) is 19.8 Å². The van der Waals surface area contributed by atoms with E-state index in [9.17, 15) is 9.90 Å². The summed E-state index contributed by atoms with van der Waals surface area (Å²) in [5, 5.41) is 12.1. The van der Waals surface area contributed by atoms with E-state index in [1.807, 2.05) is 49.4 Å². The first-order valence-corrected chi connectivity index (χ1v) is 8.53. The van der Waals surface area contributed by atoms with Crippen LogP contribution in [-0.2, 0) is 4.79 Å². The molecule has 1 aliphatic rings. The fourth-order valence-electron chi connectivity index (χ4n) is 2.73. The lowest BCUT2D eigenvalue weighted by molar-refractivity contribution is -0.112. The number of nitrogens with zero attached hydrogens (tertiary/aromatic N) is 2. The Balaban J connectivity index is 1.99. The fourth-order valence-corrected chi connectivity index (χ4v) is 4.12. The summed E-state index contributed by atoms with van der Waals surface area (Å²) in [6, 6.07) is 15.0. The van der Waals surface area contributed by atoms with Gasteiger partial charge in [-0.3, -0.25) is 9.36 Å². The molecule has 1 amide bonds. The maximum atomic E-state index is 12.3. The first kappa shape index (κ1) is 15.0. The Morgan fingerprint density at radius 2 is 1.83 bits per heavy atom. The van der Waals surface area contributed by atoms with E-state index in [1.54, 1.807) is 10.6 Å². The molecule has 0 spiro atoms. The Morgan fingerprint density at radius 3 is 2.58 bits per heavy atom. The van der Waals surface area contributed by atoms with Crippen LogP contribution in [0.25, 0.3) is 11.3 Å². The number of aromatic hydroxyl groups is 1. The minimum absolute atomic E-state index is 0.0240. The van der Waals surface area contributed by atoms with Crippen LogP contribution >= 0.6 is 23.6 Å². The summed E-state index contributed by atoms with van der Waals surface area (Å²) in [7, 11) is 0. The molecule has 1 aromatic heterocycles. The number of carbonyl (C=O) groups is 1. The van der Waals surface area contributed by atoms with E-state index >= 15 is 0 Å². The molecule has 0 fully saturated rings. The van der Waals surface area contributed by atoms with Crippen molar-refractivity contribution in [2.75, 3.05) is 0 Å². The van der Waals surface area contributed by atoms with Gasteiger partial charge in [0, 0.05) is 5.22 Å². The lowest BCUT2D eigenvalue weighted by atomic mass is 10.1. The Hall–Kier alpha value is -2.57. The van der Waals surface area contributed by atoms with Gasteiger partial charge in [-0.15, -0.1) is 11.3 Å². The zero-order valence-electron chi connectivity index (χ0n) is 12.7. The van der Waals surface area contributed by atoms with Gasteiger partial charge in [0.1, 0.15) is 4.88 Å². The molecule has 3 aromatic rings. The van der Waals surface area contributed by atoms with Gasteiger partial charge in [-0.2, -0.15) is 0 Å². The van der Waals surface area contributed by atoms with Crippen LogP contribution in [0.3, 0.4) is 0 Å². The standard InChI is InChI=1S/C18H12N2O2S2/c1-10-6-8-11(9-7-10)20-17(22)15(24-18(20)23)14-12-4-2-3-5-13(12)19-16(14)21/h2-9,22H,1H3. The summed E-state index contributed by atoms with van der Waals surface area (Å²) in [4.78, 5) is 16.8. The van der Waals surface area contributed by atoms with Gasteiger partial charge in [-0.1, -0.05) is 35.9 Å². The lowest BCUT2D eigenvalue weighted by Crippen LogP contribution is -2.22. The number of hydrogen-bond donors (Lipinski definition) is 1. The smallest absolute Gasteiger partial charge is 0.279 e. The molecule has 0 saturated heterocycles. The zero-order valence-corrected chi connectivity index (χ0v) is 14.3. The summed E-state index contributed by atoms with van der Waals surface area (Å²) in [5.74, 6) is -0.372. The average molecular weight is 352 g/mol. The highest BCUT2D eigenvalue weighted by molar-refractivity contribution is 7.73. The highest BCUT2D eigenvalue weighted by atomic mass is 32.1. The number of para-hydroxylation sites is 1. The van der Waals surface area contributed by atoms with Gasteiger partial charge in [-0.05, 0) is 37.3 Å². The van der Waals surface area contributed by atoms with Crippen LogP contribution in [0.1, 0.15) is 10.4 Å². The van der Waals surface area contributed by atoms with Crippen LogP contribution in [0.15, 0.2) is 53.5 Å². The molecule has 0 radical (unpaired) electrons. The number of fused-ring (bicyclic) bond motifs is 1. The van der Waals surface area contributed by atoms with Crippen molar-refractivity contribution in [2.45, 2.75) is 6.92 Å². The van der Waals surface area contributed by atoms with Crippen LogP contribution in [0.4, 0.5) is 0 Å². The van der Waals surface area contributed by atoms with E-state index in [1.165, 1.54) is 11.3 Å². The first-order chi connectivity index (χ1) is 11.6. The SMILES string of the molecule is Cc1ccc(-n2c(O)c(C3=c4ccccc4=NC3=O)sc2=S)cc1. The number of amides is 1. The number of rotatable bonds is 2. The molecule has 24 heavy (non-hydrogen) atoms. The van der Waals surface area contributed by atoms with Crippen LogP contribution in [-0.4, -0.2) is 15.6 Å². The van der Waals surface area contributed by atoms with Crippen molar-refractivity contribution in [3.8, 4) is 11.6 Å². The minimum Gasteiger partial charge on any atom is -0.493 e. The number of carbonyl (C=O) groups excluding carboxylic acids is 1. The molecule has 4 nitrogen and oxygen atoms in total. The molecule has 4 rings (SSSR count). The van der Waals surface area contributed by atoms with Crippen molar-refractivity contribution in [1.82, 2.24) is 4.57 Å². The molecule has 0 bridgehead atoms. The Labute approximate surface area is 146 Å². The van der Waals surface area contributed by atoms with Gasteiger partial charge < -0.3 is 5.11 Å². The van der Waals surface area contributed by atoms with Gasteiger partial charge in [0.15, 0.2) is 3.95 Å². The quantitative estimate of drug-likeness (QED) is 0.722. The third kappa shape index (κ3) is 2.23. The van der Waals surface area contributed by atoms with Gasteiger partial charge >= 0.3 is 0 Å². The van der Waals surface area contributed by atoms with E-state index < -0.39 is 0 Å². The fraction of sp³-hybridized carbons (Fsp3) is 0.0556. The predicted octanol–water partition coefficient (Wildman–Crippen LogP) is 2.64. The monoisotopic (exact) mass is 352 g/mol. The molecule has 0 saturated carbocycles. The third-order valence-electron chi connectivity index (χ3n) is 3.92. The largest absolute Gasteiger partial charge is 0.493 e. The third-order valence-corrected chi connectivity index (χ3v) is 5.30. The van der Waals surface area contributed by atoms with Crippen LogP contribution in [0.5, 0.6) is 5.88 Å². The molecule has 118 valence electrons. The zero-order chi connectivity index (χ0) is 16.8. The van der Waals surface area contributed by atoms with E-state index in [2.05, 4.69) is 4.99 Å². The Morgan fingerprint density at radius 1 is 1.12 bits per heavy atom. The van der Waals surface area contributed by atoms with Gasteiger partial charge in [0.25, 0.3) is 5.91 Å². The highest BCUT2D eigenvalue weighted by Gasteiger charge is 2.25. The van der Waals surface area contributed by atoms with Gasteiger partial charge in [0.05, 0.1) is 16.6 Å². The summed E-state index contributed by atoms with van der Waals surface area (Å²) in [6.45, 7) is 1.99. The van der Waals surface area contributed by atoms with Crippen molar-refractivity contribution in [3.63, 3.8) is 0 Å². The second-order valence-corrected chi connectivity index (χ2v) is 7.14. The van der Waals surface area contributed by atoms with Crippen LogP contribution < -0.4 is 10.6 Å². The topological polar surface area (TPSA) is 54.6 Å². The number of aromatic nitrogens is 1. The highest BCUT2D eigenvalue weighted by Crippen LogP contribution is 2.34. The van der Waals surface area contributed by atoms with Crippen molar-refractivity contribution >= 4 is 35.0 Å². The van der Waals surface area contributed by atoms with Crippen molar-refractivity contribution in [2.24, 2.45) is 4.99 Å². The molecule has 1 aliphatic heterocycles. The Kier molecular flexibility index (Phi) is 3.44. The second-order valence-electron chi connectivity index (χ2n) is 5.50. The molecule has 2 aromatic carbocycles. The molecule has 1 N–H and O–H groups in total. The normalized spacial score (nSPS) is 13.0. The maximum Gasteiger partial charge on any atom is 0.279 e. The number of thiazole rings is 1. The van der Waals surface area contributed by atoms with E-state index in [4.69, 9.17) is 12.2 Å².